The van der Waals surface area contributed by atoms with Crippen LogP contribution in [-0.4, -0.2) is 52.9 Å². The Morgan fingerprint density at radius 1 is 1.16 bits per heavy atom. The highest BCUT2D eigenvalue weighted by molar-refractivity contribution is 8.07. The third kappa shape index (κ3) is 3.64. The zero-order chi connectivity index (χ0) is 23.9. The van der Waals surface area contributed by atoms with Gasteiger partial charge in [-0.2, -0.15) is 0 Å². The molecule has 1 unspecified atom stereocenters. The number of nitro benzene ring substituents is 1. The third-order valence-corrected chi connectivity index (χ3v) is 6.48. The highest BCUT2D eigenvalue weighted by Gasteiger charge is 2.45. The number of thioether (sulfide) groups is 1. The van der Waals surface area contributed by atoms with E-state index in [0.717, 1.165) is 24.1 Å². The third-order valence-electron chi connectivity index (χ3n) is 5.27. The Balaban J connectivity index is 2.26. The summed E-state index contributed by atoms with van der Waals surface area (Å²) >= 11 is 1.21. The smallest absolute Gasteiger partial charge is 0.336 e. The lowest BCUT2D eigenvalue weighted by molar-refractivity contribution is -0.385. The van der Waals surface area contributed by atoms with Crippen molar-refractivity contribution in [3.8, 4) is 5.75 Å². The molecule has 2 aliphatic heterocycles. The van der Waals surface area contributed by atoms with E-state index in [-0.39, 0.29) is 28.0 Å². The molecule has 1 N–H and O–H groups in total. The molecule has 3 rings (SSSR count). The number of Topliss-reactive ketones (excluding diaryl/α,β-unsaturated/α-hetero) is 1. The second-order valence-corrected chi connectivity index (χ2v) is 8.29. The van der Waals surface area contributed by atoms with Crippen LogP contribution in [0.5, 0.6) is 5.75 Å². The number of fused-ring (bicyclic) bond motifs is 1. The van der Waals surface area contributed by atoms with Crippen molar-refractivity contribution in [1.82, 2.24) is 4.90 Å². The molecule has 0 bridgehead atoms. The average molecular weight is 460 g/mol. The Kier molecular flexibility index (Phi) is 6.13. The van der Waals surface area contributed by atoms with E-state index < -0.39 is 34.4 Å². The second-order valence-electron chi connectivity index (χ2n) is 7.09. The second kappa shape index (κ2) is 8.50. The SMILES string of the molecule is COC(=O)C1=CC(C(=O)c2cc([N+](=O)[O-])c(C)cc2O)=C2SC(C)=C(C)N2C1C(=O)OC. The molecule has 0 radical (unpaired) electrons. The van der Waals surface area contributed by atoms with Crippen molar-refractivity contribution >= 4 is 35.2 Å². The number of hydrogen-bond donors (Lipinski definition) is 1. The maximum atomic E-state index is 13.5. The highest BCUT2D eigenvalue weighted by atomic mass is 32.2. The molecular formula is C21H20N2O8S. The minimum atomic E-state index is -1.18. The number of carbonyl (C=O) groups is 3. The van der Waals surface area contributed by atoms with Crippen LogP contribution in [0, 0.1) is 17.0 Å². The van der Waals surface area contributed by atoms with E-state index >= 15 is 0 Å². The quantitative estimate of drug-likeness (QED) is 0.302. The van der Waals surface area contributed by atoms with Crippen LogP contribution in [0.4, 0.5) is 5.69 Å². The maximum Gasteiger partial charge on any atom is 0.336 e. The molecule has 2 heterocycles. The van der Waals surface area contributed by atoms with Crippen molar-refractivity contribution in [1.29, 1.82) is 0 Å². The van der Waals surface area contributed by atoms with E-state index in [0.29, 0.717) is 10.7 Å². The number of esters is 2. The molecule has 1 atom stereocenters. The molecule has 2 aliphatic rings. The Labute approximate surface area is 187 Å². The largest absolute Gasteiger partial charge is 0.507 e. The molecule has 0 saturated heterocycles. The van der Waals surface area contributed by atoms with Crippen LogP contribution in [0.1, 0.15) is 29.8 Å². The number of aromatic hydroxyl groups is 1. The number of nitro groups is 1. The van der Waals surface area contributed by atoms with Gasteiger partial charge in [0.05, 0.1) is 40.9 Å². The minimum Gasteiger partial charge on any atom is -0.507 e. The van der Waals surface area contributed by atoms with Crippen molar-refractivity contribution in [2.75, 3.05) is 14.2 Å². The summed E-state index contributed by atoms with van der Waals surface area (Å²) in [5.74, 6) is -2.75. The van der Waals surface area contributed by atoms with Gasteiger partial charge in [-0.05, 0) is 32.9 Å². The van der Waals surface area contributed by atoms with Crippen molar-refractivity contribution in [3.63, 3.8) is 0 Å². The zero-order valence-electron chi connectivity index (χ0n) is 17.9. The Hall–Kier alpha value is -3.60. The van der Waals surface area contributed by atoms with Gasteiger partial charge in [-0.15, -0.1) is 0 Å². The first kappa shape index (κ1) is 23.1. The molecule has 0 aromatic heterocycles. The Morgan fingerprint density at radius 2 is 1.81 bits per heavy atom. The first-order valence-corrected chi connectivity index (χ1v) is 10.1. The number of allylic oxidation sites excluding steroid dienone is 4. The lowest BCUT2D eigenvalue weighted by Gasteiger charge is -2.34. The van der Waals surface area contributed by atoms with Gasteiger partial charge in [0.15, 0.2) is 11.8 Å². The van der Waals surface area contributed by atoms with E-state index in [1.54, 1.807) is 13.8 Å². The normalized spacial score (nSPS) is 17.7. The number of rotatable bonds is 5. The number of hydrogen-bond acceptors (Lipinski definition) is 10. The molecule has 32 heavy (non-hydrogen) atoms. The fourth-order valence-electron chi connectivity index (χ4n) is 3.52. The van der Waals surface area contributed by atoms with Gasteiger partial charge in [0.1, 0.15) is 5.75 Å². The predicted octanol–water partition coefficient (Wildman–Crippen LogP) is 2.96. The van der Waals surface area contributed by atoms with Crippen molar-refractivity contribution in [2.45, 2.75) is 26.8 Å². The van der Waals surface area contributed by atoms with E-state index in [2.05, 4.69) is 0 Å². The van der Waals surface area contributed by atoms with E-state index in [1.807, 2.05) is 0 Å². The summed E-state index contributed by atoms with van der Waals surface area (Å²) in [4.78, 5) is 51.5. The lowest BCUT2D eigenvalue weighted by atomic mass is 9.93. The number of methoxy groups -OCH3 is 2. The molecule has 0 spiro atoms. The molecule has 1 aromatic carbocycles. The monoisotopic (exact) mass is 460 g/mol. The number of phenols is 1. The molecule has 0 fully saturated rings. The van der Waals surface area contributed by atoms with Crippen molar-refractivity contribution in [2.24, 2.45) is 0 Å². The van der Waals surface area contributed by atoms with Gasteiger partial charge in [-0.3, -0.25) is 14.9 Å². The summed E-state index contributed by atoms with van der Waals surface area (Å²) in [5, 5.41) is 22.0. The molecular weight excluding hydrogens is 440 g/mol. The van der Waals surface area contributed by atoms with Gasteiger partial charge >= 0.3 is 11.9 Å². The predicted molar refractivity (Wildman–Crippen MR) is 115 cm³/mol. The lowest BCUT2D eigenvalue weighted by Crippen LogP contribution is -2.44. The highest BCUT2D eigenvalue weighted by Crippen LogP contribution is 2.48. The standard InChI is InChI=1S/C21H20N2O8S/c1-9-6-16(24)12(8-15(9)23(28)29)18(25)14-7-13(20(26)30-4)17(21(27)31-5)22-10(2)11(3)32-19(14)22/h6-8,17,24H,1-5H3. The van der Waals surface area contributed by atoms with Crippen LogP contribution >= 0.6 is 11.8 Å². The molecule has 1 aromatic rings. The van der Waals surface area contributed by atoms with Crippen LogP contribution in [0.25, 0.3) is 0 Å². The minimum absolute atomic E-state index is 0.0137. The van der Waals surface area contributed by atoms with Gasteiger partial charge in [0.2, 0.25) is 0 Å². The Bertz CT molecular complexity index is 1160. The summed E-state index contributed by atoms with van der Waals surface area (Å²) in [6.45, 7) is 4.95. The fraction of sp³-hybridized carbons (Fsp3) is 0.286. The number of ketones is 1. The van der Waals surface area contributed by atoms with Gasteiger partial charge in [0.25, 0.3) is 5.69 Å². The molecule has 10 nitrogen and oxygen atoms in total. The molecule has 0 aliphatic carbocycles. The van der Waals surface area contributed by atoms with Gasteiger partial charge in [-0.25, -0.2) is 9.59 Å². The number of ether oxygens (including phenoxy) is 2. The van der Waals surface area contributed by atoms with Crippen LogP contribution in [0.15, 0.2) is 45.0 Å². The van der Waals surface area contributed by atoms with Gasteiger partial charge in [-0.1, -0.05) is 11.8 Å². The first-order chi connectivity index (χ1) is 15.0. The number of carbonyl (C=O) groups excluding carboxylic acids is 3. The molecule has 168 valence electrons. The number of benzene rings is 1. The van der Waals surface area contributed by atoms with Crippen molar-refractivity contribution in [3.05, 3.63) is 66.2 Å². The summed E-state index contributed by atoms with van der Waals surface area (Å²) in [6, 6.07) is 0.955. The van der Waals surface area contributed by atoms with Crippen LogP contribution in [0.3, 0.4) is 0 Å². The average Bonchev–Trinajstić information content (AvgIpc) is 3.05. The first-order valence-electron chi connectivity index (χ1n) is 9.32. The van der Waals surface area contributed by atoms with Crippen LogP contribution in [-0.2, 0) is 19.1 Å². The molecule has 0 amide bonds. The van der Waals surface area contributed by atoms with E-state index in [1.165, 1.54) is 36.8 Å². The molecule has 0 saturated carbocycles. The van der Waals surface area contributed by atoms with Gasteiger partial charge < -0.3 is 19.5 Å². The molecule has 11 heteroatoms. The maximum absolute atomic E-state index is 13.5. The topological polar surface area (TPSA) is 136 Å². The van der Waals surface area contributed by atoms with Crippen molar-refractivity contribution < 1.29 is 33.9 Å². The number of phenolic OH excluding ortho intramolecular Hbond substituents is 1. The zero-order valence-corrected chi connectivity index (χ0v) is 18.7. The summed E-state index contributed by atoms with van der Waals surface area (Å²) < 4.78 is 9.69. The van der Waals surface area contributed by atoms with Crippen LogP contribution in [0.2, 0.25) is 0 Å². The van der Waals surface area contributed by atoms with Crippen LogP contribution < -0.4 is 0 Å². The summed E-state index contributed by atoms with van der Waals surface area (Å²) in [7, 11) is 2.32. The number of nitrogens with zero attached hydrogens (tertiary/aromatic N) is 2. The van der Waals surface area contributed by atoms with E-state index in [4.69, 9.17) is 9.47 Å². The van der Waals surface area contributed by atoms with E-state index in [9.17, 15) is 29.6 Å². The summed E-state index contributed by atoms with van der Waals surface area (Å²) in [6.07, 6.45) is 1.21. The summed E-state index contributed by atoms with van der Waals surface area (Å²) in [5.41, 5.74) is 0.0250. The Morgan fingerprint density at radius 3 is 2.38 bits per heavy atom. The number of aryl methyl sites for hydroxylation is 1. The fourth-order valence-corrected chi connectivity index (χ4v) is 4.66. The van der Waals surface area contributed by atoms with Gasteiger partial charge in [0, 0.05) is 22.2 Å².